The smallest absolute Gasteiger partial charge is 0.289 e. The summed E-state index contributed by atoms with van der Waals surface area (Å²) >= 11 is 0. The fraction of sp³-hybridized carbons (Fsp3) is 0.882. The van der Waals surface area contributed by atoms with Crippen molar-refractivity contribution in [2.24, 2.45) is 5.92 Å². The Bertz CT molecular complexity index is 396. The maximum atomic E-state index is 6.31. The molecule has 4 nitrogen and oxygen atoms in total. The lowest BCUT2D eigenvalue weighted by atomic mass is 10.1. The maximum Gasteiger partial charge on any atom is 0.299 e. The number of aromatic nitrogens is 3. The van der Waals surface area contributed by atoms with Crippen molar-refractivity contribution in [3.63, 3.8) is 0 Å². The van der Waals surface area contributed by atoms with Crippen LogP contribution in [0.5, 0.6) is 0 Å². The Morgan fingerprint density at radius 3 is 2.24 bits per heavy atom. The van der Waals surface area contributed by atoms with Gasteiger partial charge in [0.2, 0.25) is 0 Å². The molecule has 0 atom stereocenters. The summed E-state index contributed by atoms with van der Waals surface area (Å²) in [4.78, 5) is 0. The zero-order chi connectivity index (χ0) is 15.7. The third kappa shape index (κ3) is 6.06. The zero-order valence-electron chi connectivity index (χ0n) is 14.6. The molecule has 0 aliphatic carbocycles. The molecule has 0 bridgehead atoms. The number of unbranched alkanes of at least 4 members (excludes halogenated alkanes) is 4. The number of nitrogen functional groups attached to an aromatic ring is 1. The minimum atomic E-state index is 0.701. The normalized spacial score (nSPS) is 11.5. The van der Waals surface area contributed by atoms with Crippen LogP contribution in [-0.4, -0.2) is 9.78 Å². The van der Waals surface area contributed by atoms with Crippen LogP contribution in [0.4, 0.5) is 0 Å². The number of hydrogen-bond donors (Lipinski definition) is 1. The quantitative estimate of drug-likeness (QED) is 0.386. The molecule has 0 saturated heterocycles. The van der Waals surface area contributed by atoms with E-state index in [0.29, 0.717) is 5.92 Å². The lowest BCUT2D eigenvalue weighted by Gasteiger charge is -2.03. The molecule has 0 spiro atoms. The highest BCUT2D eigenvalue weighted by molar-refractivity contribution is 4.84. The predicted molar refractivity (Wildman–Crippen MR) is 88.5 cm³/mol. The van der Waals surface area contributed by atoms with Crippen molar-refractivity contribution in [2.45, 2.75) is 92.0 Å². The fourth-order valence-corrected chi connectivity index (χ4v) is 2.56. The second-order valence-corrected chi connectivity index (χ2v) is 6.52. The number of aryl methyl sites for hydroxylation is 2. The third-order valence-electron chi connectivity index (χ3n) is 4.02. The van der Waals surface area contributed by atoms with E-state index in [0.717, 1.165) is 31.6 Å². The summed E-state index contributed by atoms with van der Waals surface area (Å²) in [7, 11) is 0. The molecule has 0 amide bonds. The van der Waals surface area contributed by atoms with Gasteiger partial charge in [-0.2, -0.15) is 0 Å². The lowest BCUT2D eigenvalue weighted by Crippen LogP contribution is -2.50. The van der Waals surface area contributed by atoms with E-state index >= 15 is 0 Å². The van der Waals surface area contributed by atoms with Crippen LogP contribution in [-0.2, 0) is 19.4 Å². The van der Waals surface area contributed by atoms with Gasteiger partial charge in [0.25, 0.3) is 11.6 Å². The summed E-state index contributed by atoms with van der Waals surface area (Å²) in [6, 6.07) is 0. The highest BCUT2D eigenvalue weighted by atomic mass is 15.5. The van der Waals surface area contributed by atoms with Crippen LogP contribution in [0.25, 0.3) is 0 Å². The second-order valence-electron chi connectivity index (χ2n) is 6.52. The highest BCUT2D eigenvalue weighted by Gasteiger charge is 2.23. The van der Waals surface area contributed by atoms with Gasteiger partial charge < -0.3 is 0 Å². The van der Waals surface area contributed by atoms with Crippen molar-refractivity contribution < 1.29 is 4.68 Å². The Morgan fingerprint density at radius 1 is 1.05 bits per heavy atom. The summed E-state index contributed by atoms with van der Waals surface area (Å²) in [6.45, 7) is 9.98. The average Bonchev–Trinajstić information content (AvgIpc) is 2.74. The van der Waals surface area contributed by atoms with E-state index in [1.54, 1.807) is 0 Å². The van der Waals surface area contributed by atoms with Gasteiger partial charge in [-0.15, -0.1) is 9.36 Å². The first-order valence-electron chi connectivity index (χ1n) is 8.85. The molecule has 122 valence electrons. The van der Waals surface area contributed by atoms with Crippen LogP contribution < -0.4 is 10.5 Å². The highest BCUT2D eigenvalue weighted by Crippen LogP contribution is 2.09. The Labute approximate surface area is 130 Å². The van der Waals surface area contributed by atoms with Gasteiger partial charge in [-0.25, -0.2) is 0 Å². The summed E-state index contributed by atoms with van der Waals surface area (Å²) in [5.74, 6) is 9.27. The second kappa shape index (κ2) is 9.80. The van der Waals surface area contributed by atoms with Crippen molar-refractivity contribution in [2.75, 3.05) is 5.84 Å². The van der Waals surface area contributed by atoms with Gasteiger partial charge in [0, 0.05) is 17.9 Å². The van der Waals surface area contributed by atoms with E-state index < -0.39 is 0 Å². The first kappa shape index (κ1) is 18.0. The van der Waals surface area contributed by atoms with Gasteiger partial charge >= 0.3 is 0 Å². The Balaban J connectivity index is 2.77. The minimum absolute atomic E-state index is 0.701. The molecule has 0 radical (unpaired) electrons. The minimum Gasteiger partial charge on any atom is -0.289 e. The van der Waals surface area contributed by atoms with Crippen molar-refractivity contribution in [1.82, 2.24) is 9.78 Å². The van der Waals surface area contributed by atoms with E-state index in [1.165, 1.54) is 44.3 Å². The van der Waals surface area contributed by atoms with Crippen molar-refractivity contribution in [1.29, 1.82) is 0 Å². The third-order valence-corrected chi connectivity index (χ3v) is 4.02. The molecule has 1 aromatic rings. The Hall–Kier alpha value is -1.06. The molecule has 0 aliphatic heterocycles. The van der Waals surface area contributed by atoms with Crippen molar-refractivity contribution in [3.05, 3.63) is 11.6 Å². The fourth-order valence-electron chi connectivity index (χ4n) is 2.56. The predicted octanol–water partition coefficient (Wildman–Crippen LogP) is 3.40. The molecule has 0 fully saturated rings. The molecular formula is C17H35N4+. The molecule has 2 N–H and O–H groups in total. The topological polar surface area (TPSA) is 47.7 Å². The maximum absolute atomic E-state index is 6.31. The summed E-state index contributed by atoms with van der Waals surface area (Å²) in [5.41, 5.74) is 0. The van der Waals surface area contributed by atoms with E-state index in [9.17, 15) is 0 Å². The summed E-state index contributed by atoms with van der Waals surface area (Å²) in [6.07, 6.45) is 10.6. The molecule has 0 aliphatic rings. The van der Waals surface area contributed by atoms with Gasteiger partial charge in [-0.05, 0) is 25.2 Å². The van der Waals surface area contributed by atoms with E-state index in [4.69, 9.17) is 10.9 Å². The van der Waals surface area contributed by atoms with Crippen molar-refractivity contribution >= 4 is 0 Å². The molecule has 1 rings (SSSR count). The summed E-state index contributed by atoms with van der Waals surface area (Å²) in [5, 5.41) is 4.79. The van der Waals surface area contributed by atoms with Crippen molar-refractivity contribution in [3.8, 4) is 0 Å². The standard InChI is InChI=1S/C17H35N4/c1-5-7-9-11-16-19-20(14-13-15(3)4)17(21(16)18)12-10-8-6-2/h15H,5-14,18H2,1-4H3/q+1. The van der Waals surface area contributed by atoms with Crippen LogP contribution in [0.1, 0.15) is 84.3 Å². The molecule has 1 heterocycles. The van der Waals surface area contributed by atoms with Crippen LogP contribution in [0, 0.1) is 5.92 Å². The number of nitrogens with two attached hydrogens (primary N) is 1. The molecule has 0 unspecified atom stereocenters. The zero-order valence-corrected chi connectivity index (χ0v) is 14.6. The van der Waals surface area contributed by atoms with Gasteiger partial charge in [0.1, 0.15) is 6.54 Å². The average molecular weight is 295 g/mol. The van der Waals surface area contributed by atoms with Gasteiger partial charge in [-0.1, -0.05) is 53.4 Å². The number of rotatable bonds is 11. The van der Waals surface area contributed by atoms with Crippen LogP contribution in [0.2, 0.25) is 0 Å². The first-order valence-corrected chi connectivity index (χ1v) is 8.85. The Morgan fingerprint density at radius 2 is 1.67 bits per heavy atom. The van der Waals surface area contributed by atoms with Gasteiger partial charge in [0.15, 0.2) is 0 Å². The van der Waals surface area contributed by atoms with E-state index in [-0.39, 0.29) is 0 Å². The van der Waals surface area contributed by atoms with Crippen LogP contribution in [0.3, 0.4) is 0 Å². The number of hydrogen-bond acceptors (Lipinski definition) is 2. The van der Waals surface area contributed by atoms with E-state index in [2.05, 4.69) is 32.4 Å². The van der Waals surface area contributed by atoms with Gasteiger partial charge in [0.05, 0.1) is 0 Å². The van der Waals surface area contributed by atoms with Crippen LogP contribution >= 0.6 is 0 Å². The Kier molecular flexibility index (Phi) is 8.40. The first-order chi connectivity index (χ1) is 10.1. The molecule has 21 heavy (non-hydrogen) atoms. The lowest BCUT2D eigenvalue weighted by molar-refractivity contribution is -0.655. The largest absolute Gasteiger partial charge is 0.299 e. The SMILES string of the molecule is CCCCCc1nn(CCC(C)C)c(CCCCC)[n+]1N. The molecule has 4 heteroatoms. The molecule has 0 aromatic carbocycles. The summed E-state index contributed by atoms with van der Waals surface area (Å²) < 4.78 is 4.03. The monoisotopic (exact) mass is 295 g/mol. The molecule has 0 saturated carbocycles. The van der Waals surface area contributed by atoms with Crippen LogP contribution in [0.15, 0.2) is 0 Å². The molecule has 1 aromatic heterocycles. The van der Waals surface area contributed by atoms with E-state index in [1.807, 2.05) is 4.68 Å². The number of nitrogens with zero attached hydrogens (tertiary/aromatic N) is 3. The molecular weight excluding hydrogens is 260 g/mol. The van der Waals surface area contributed by atoms with Gasteiger partial charge in [-0.3, -0.25) is 5.84 Å².